The summed E-state index contributed by atoms with van der Waals surface area (Å²) in [5.41, 5.74) is 2.16. The molecule has 0 saturated heterocycles. The molecule has 7 nitrogen and oxygen atoms in total. The predicted molar refractivity (Wildman–Crippen MR) is 43.3 cm³/mol. The van der Waals surface area contributed by atoms with Crippen LogP contribution in [0, 0.1) is 0 Å². The van der Waals surface area contributed by atoms with Crippen LogP contribution in [0.5, 0.6) is 0 Å². The third kappa shape index (κ3) is 3.53. The summed E-state index contributed by atoms with van der Waals surface area (Å²) in [7, 11) is 0. The van der Waals surface area contributed by atoms with Crippen molar-refractivity contribution in [2.45, 2.75) is 24.4 Å². The zero-order valence-electron chi connectivity index (χ0n) is 7.96. The van der Waals surface area contributed by atoms with Crippen molar-refractivity contribution in [1.82, 2.24) is 5.43 Å². The SMILES string of the molecule is [2H]NN[C@@H](CO)[C@H](O)[C@H](O)[C@H](O)CO. The van der Waals surface area contributed by atoms with Crippen LogP contribution in [-0.2, 0) is 0 Å². The molecule has 0 spiro atoms. The van der Waals surface area contributed by atoms with E-state index in [9.17, 15) is 10.2 Å². The largest absolute Gasteiger partial charge is 0.395 e. The average molecular weight is 197 g/mol. The lowest BCUT2D eigenvalue weighted by molar-refractivity contribution is -0.0916. The van der Waals surface area contributed by atoms with Crippen molar-refractivity contribution >= 4 is 0 Å². The zero-order valence-corrected chi connectivity index (χ0v) is 6.96. The summed E-state index contributed by atoms with van der Waals surface area (Å²) in [5, 5.41) is 44.7. The first-order chi connectivity index (χ1) is 6.58. The summed E-state index contributed by atoms with van der Waals surface area (Å²) in [4.78, 5) is 0. The molecule has 0 unspecified atom stereocenters. The Morgan fingerprint density at radius 3 is 2.15 bits per heavy atom. The van der Waals surface area contributed by atoms with E-state index in [-0.39, 0.29) is 0 Å². The molecule has 0 aliphatic rings. The Hall–Kier alpha value is -0.280. The van der Waals surface area contributed by atoms with E-state index in [1.54, 1.807) is 5.84 Å². The van der Waals surface area contributed by atoms with E-state index in [1.165, 1.54) is 0 Å². The summed E-state index contributed by atoms with van der Waals surface area (Å²) in [6, 6.07) is -1.01. The monoisotopic (exact) mass is 197 g/mol. The molecule has 0 aliphatic heterocycles. The fourth-order valence-electron chi connectivity index (χ4n) is 0.813. The molecule has 0 aromatic heterocycles. The first-order valence-electron chi connectivity index (χ1n) is 4.26. The highest BCUT2D eigenvalue weighted by Gasteiger charge is 2.29. The maximum absolute atomic E-state index is 9.34. The molecule has 13 heavy (non-hydrogen) atoms. The van der Waals surface area contributed by atoms with Gasteiger partial charge in [0.1, 0.15) is 19.7 Å². The van der Waals surface area contributed by atoms with Gasteiger partial charge in [0, 0.05) is 0 Å². The van der Waals surface area contributed by atoms with Crippen LogP contribution >= 0.6 is 0 Å². The van der Waals surface area contributed by atoms with Crippen molar-refractivity contribution in [1.29, 1.82) is 0 Å². The molecule has 4 atom stereocenters. The van der Waals surface area contributed by atoms with E-state index in [4.69, 9.17) is 16.7 Å². The third-order valence-electron chi connectivity index (χ3n) is 1.73. The van der Waals surface area contributed by atoms with Crippen LogP contribution in [-0.4, -0.2) is 63.1 Å². The predicted octanol–water partition coefficient (Wildman–Crippen LogP) is -4.11. The normalized spacial score (nSPS) is 21.8. The van der Waals surface area contributed by atoms with Gasteiger partial charge >= 0.3 is 0 Å². The van der Waals surface area contributed by atoms with Gasteiger partial charge in [-0.1, -0.05) is 0 Å². The maximum atomic E-state index is 9.34. The first-order valence-corrected chi connectivity index (χ1v) is 3.76. The van der Waals surface area contributed by atoms with Gasteiger partial charge in [-0.3, -0.25) is 11.3 Å². The molecule has 0 saturated carbocycles. The number of hydrogen-bond donors (Lipinski definition) is 7. The number of hydrogen-bond acceptors (Lipinski definition) is 7. The molecular formula is C6H16N2O5. The minimum atomic E-state index is -1.60. The zero-order chi connectivity index (χ0) is 11.1. The van der Waals surface area contributed by atoms with Gasteiger partial charge in [0.15, 0.2) is 0 Å². The van der Waals surface area contributed by atoms with Gasteiger partial charge in [0.25, 0.3) is 0 Å². The number of nitrogens with two attached hydrogens (primary N) is 1. The second-order valence-corrected chi connectivity index (χ2v) is 2.66. The Balaban J connectivity index is 4.17. The van der Waals surface area contributed by atoms with Crippen LogP contribution in [0.3, 0.4) is 0 Å². The molecule has 0 radical (unpaired) electrons. The summed E-state index contributed by atoms with van der Waals surface area (Å²) in [5.74, 6) is 1.74. The molecule has 0 heterocycles. The van der Waals surface area contributed by atoms with Crippen molar-refractivity contribution in [2.75, 3.05) is 13.2 Å². The summed E-state index contributed by atoms with van der Waals surface area (Å²) < 4.78 is 6.55. The minimum absolute atomic E-state index is 0.539. The molecule has 0 aromatic rings. The summed E-state index contributed by atoms with van der Waals surface area (Å²) in [6.45, 7) is -1.24. The first kappa shape index (κ1) is 10.8. The minimum Gasteiger partial charge on any atom is -0.395 e. The van der Waals surface area contributed by atoms with Gasteiger partial charge in [-0.25, -0.2) is 0 Å². The van der Waals surface area contributed by atoms with Gasteiger partial charge in [-0.2, -0.15) is 0 Å². The van der Waals surface area contributed by atoms with Gasteiger partial charge in [-0.15, -0.1) is 0 Å². The molecule has 0 aromatic carbocycles. The van der Waals surface area contributed by atoms with Gasteiger partial charge in [-0.05, 0) is 0 Å². The lowest BCUT2D eigenvalue weighted by Crippen LogP contribution is -2.54. The van der Waals surface area contributed by atoms with Crippen molar-refractivity contribution in [2.24, 2.45) is 5.84 Å². The van der Waals surface area contributed by atoms with Crippen molar-refractivity contribution < 1.29 is 26.9 Å². The maximum Gasteiger partial charge on any atom is 0.137 e. The quantitative estimate of drug-likeness (QED) is 0.162. The molecule has 0 fully saturated rings. The number of aliphatic hydroxyl groups excluding tert-OH is 5. The van der Waals surface area contributed by atoms with Crippen LogP contribution in [0.1, 0.15) is 0 Å². The lowest BCUT2D eigenvalue weighted by atomic mass is 10.0. The van der Waals surface area contributed by atoms with Gasteiger partial charge in [0.2, 0.25) is 0 Å². The topological polar surface area (TPSA) is 139 Å². The van der Waals surface area contributed by atoms with Crippen molar-refractivity contribution in [3.8, 4) is 0 Å². The Morgan fingerprint density at radius 2 is 1.77 bits per heavy atom. The van der Waals surface area contributed by atoms with Crippen LogP contribution in [0.25, 0.3) is 0 Å². The molecule has 80 valence electrons. The van der Waals surface area contributed by atoms with E-state index in [2.05, 4.69) is 5.43 Å². The fraction of sp³-hybridized carbons (Fsp3) is 1.00. The molecule has 0 aliphatic carbocycles. The van der Waals surface area contributed by atoms with E-state index in [1.807, 2.05) is 0 Å². The Bertz CT molecular complexity index is 150. The molecule has 0 bridgehead atoms. The van der Waals surface area contributed by atoms with Crippen LogP contribution in [0.2, 0.25) is 1.41 Å². The summed E-state index contributed by atoms with van der Waals surface area (Å²) in [6.07, 6.45) is -4.59. The highest BCUT2D eigenvalue weighted by molar-refractivity contribution is 4.83. The highest BCUT2D eigenvalue weighted by atomic mass is 16.4. The van der Waals surface area contributed by atoms with Crippen LogP contribution < -0.4 is 11.3 Å². The summed E-state index contributed by atoms with van der Waals surface area (Å²) >= 11 is 0. The Morgan fingerprint density at radius 1 is 1.15 bits per heavy atom. The second-order valence-electron chi connectivity index (χ2n) is 2.66. The third-order valence-corrected chi connectivity index (χ3v) is 1.73. The van der Waals surface area contributed by atoms with Crippen molar-refractivity contribution in [3.05, 3.63) is 0 Å². The van der Waals surface area contributed by atoms with Crippen LogP contribution in [0.4, 0.5) is 0 Å². The molecule has 0 amide bonds. The average Bonchev–Trinajstić information content (AvgIpc) is 2.22. The Labute approximate surface area is 76.9 Å². The molecule has 8 N–H and O–H groups in total. The number of hydrazine groups is 1. The van der Waals surface area contributed by atoms with E-state index < -0.39 is 37.6 Å². The molecular weight excluding hydrogens is 180 g/mol. The highest BCUT2D eigenvalue weighted by Crippen LogP contribution is 2.03. The number of rotatable bonds is 7. The smallest absolute Gasteiger partial charge is 0.137 e. The molecule has 0 rings (SSSR count). The van der Waals surface area contributed by atoms with Gasteiger partial charge in [0.05, 0.1) is 19.3 Å². The van der Waals surface area contributed by atoms with E-state index in [0.717, 1.165) is 0 Å². The van der Waals surface area contributed by atoms with Crippen molar-refractivity contribution in [3.63, 3.8) is 0 Å². The number of aliphatic hydroxyl groups is 5. The fourth-order valence-corrected chi connectivity index (χ4v) is 0.813. The van der Waals surface area contributed by atoms with E-state index in [0.29, 0.717) is 0 Å². The number of nitrogens with one attached hydrogen (secondary N) is 1. The standard InChI is InChI=1S/C6H16N2O5/c7-8-3(1-9)5(12)6(13)4(11)2-10/h3-6,8-13H,1-2,7H2/t3-,4+,5-,6+/m0/s1/i/hD. The second kappa shape index (κ2) is 6.22. The van der Waals surface area contributed by atoms with Crippen LogP contribution in [0.15, 0.2) is 0 Å². The van der Waals surface area contributed by atoms with E-state index >= 15 is 0 Å². The Kier molecular flexibility index (Phi) is 5.16. The molecule has 7 heteroatoms. The lowest BCUT2D eigenvalue weighted by Gasteiger charge is -2.26. The van der Waals surface area contributed by atoms with Gasteiger partial charge < -0.3 is 25.5 Å².